The Balaban J connectivity index is 1.69. The second kappa shape index (κ2) is 9.58. The molecule has 7 heteroatoms. The quantitative estimate of drug-likeness (QED) is 0.760. The van der Waals surface area contributed by atoms with Crippen LogP contribution in [-0.2, 0) is 9.53 Å². The third-order valence-corrected chi connectivity index (χ3v) is 4.67. The van der Waals surface area contributed by atoms with E-state index in [0.717, 1.165) is 16.5 Å². The van der Waals surface area contributed by atoms with Crippen LogP contribution in [0, 0.1) is 0 Å². The molecule has 2 aliphatic heterocycles. The summed E-state index contributed by atoms with van der Waals surface area (Å²) in [5, 5.41) is 10.4. The number of fused-ring (bicyclic) bond motifs is 3. The summed E-state index contributed by atoms with van der Waals surface area (Å²) < 4.78 is 11.4. The van der Waals surface area contributed by atoms with Crippen LogP contribution >= 0.6 is 0 Å². The van der Waals surface area contributed by atoms with Gasteiger partial charge in [0.25, 0.3) is 0 Å². The van der Waals surface area contributed by atoms with E-state index < -0.39 is 12.1 Å². The number of aliphatic carboxylic acids is 1. The lowest BCUT2D eigenvalue weighted by atomic mass is 10.1. The molecule has 0 saturated heterocycles. The van der Waals surface area contributed by atoms with Gasteiger partial charge in [-0.05, 0) is 35.9 Å². The number of hydrogen-bond donors (Lipinski definition) is 1. The minimum Gasteiger partial charge on any atom is -0.484 e. The number of carboxylic acid groups (broad SMARTS) is 1. The van der Waals surface area contributed by atoms with Crippen molar-refractivity contribution in [3.05, 3.63) is 90.6 Å². The van der Waals surface area contributed by atoms with E-state index in [1.165, 1.54) is 12.6 Å². The van der Waals surface area contributed by atoms with Crippen molar-refractivity contribution in [2.45, 2.75) is 6.10 Å². The van der Waals surface area contributed by atoms with Gasteiger partial charge in [-0.3, -0.25) is 4.98 Å². The van der Waals surface area contributed by atoms with Gasteiger partial charge in [-0.1, -0.05) is 36.4 Å². The first-order chi connectivity index (χ1) is 15.2. The van der Waals surface area contributed by atoms with Gasteiger partial charge in [-0.15, -0.1) is 0 Å². The molecule has 1 unspecified atom stereocenters. The maximum atomic E-state index is 11.7. The van der Waals surface area contributed by atoms with E-state index >= 15 is 0 Å². The predicted octanol–water partition coefficient (Wildman–Crippen LogP) is 3.92. The molecule has 0 amide bonds. The third kappa shape index (κ3) is 5.08. The van der Waals surface area contributed by atoms with Gasteiger partial charge in [0, 0.05) is 24.0 Å². The molecule has 1 N–H and O–H groups in total. The number of nitrogens with zero attached hydrogens (tertiary/aromatic N) is 3. The highest BCUT2D eigenvalue weighted by Crippen LogP contribution is 2.28. The summed E-state index contributed by atoms with van der Waals surface area (Å²) in [7, 11) is 0. The van der Waals surface area contributed by atoms with E-state index in [1.807, 2.05) is 54.7 Å². The second-order valence-corrected chi connectivity index (χ2v) is 6.81. The van der Waals surface area contributed by atoms with Gasteiger partial charge in [0.1, 0.15) is 24.2 Å². The van der Waals surface area contributed by atoms with Gasteiger partial charge in [-0.2, -0.15) is 0 Å². The van der Waals surface area contributed by atoms with E-state index in [0.29, 0.717) is 18.9 Å². The highest BCUT2D eigenvalue weighted by Gasteiger charge is 2.28. The topological polar surface area (TPSA) is 84.2 Å². The van der Waals surface area contributed by atoms with E-state index in [2.05, 4.69) is 9.98 Å². The molecule has 7 nitrogen and oxygen atoms in total. The SMILES string of the molecule is O=C(O)C1=CC2CN1/C=C\N=C/OC\C=C/C=C\C=C/c1ccc3nccc(c3c1)O2. The number of aliphatic imine (C=N–C) groups is 1. The Bertz CT molecular complexity index is 1140. The molecule has 3 heterocycles. The molecule has 156 valence electrons. The molecule has 1 aromatic heterocycles. The van der Waals surface area contributed by atoms with Gasteiger partial charge in [0.15, 0.2) is 6.40 Å². The van der Waals surface area contributed by atoms with Crippen LogP contribution in [0.25, 0.3) is 17.0 Å². The van der Waals surface area contributed by atoms with Crippen LogP contribution in [0.4, 0.5) is 0 Å². The standard InChI is InChI=1S/C24H21N3O4/c28-24(29)22-15-19-16-27(22)12-11-25-17-30-13-5-3-1-2-4-6-18-7-8-21-20(14-18)23(31-19)9-10-26-21/h1-12,14-15,17,19H,13,16H2,(H,28,29)/b2-1-,5-3-,6-4-,12-11-,25-17-. The fraction of sp³-hybridized carbons (Fsp3) is 0.125. The minimum absolute atomic E-state index is 0.138. The van der Waals surface area contributed by atoms with Crippen molar-refractivity contribution in [1.29, 1.82) is 0 Å². The Morgan fingerprint density at radius 3 is 2.97 bits per heavy atom. The van der Waals surface area contributed by atoms with Crippen molar-refractivity contribution in [2.75, 3.05) is 13.2 Å². The van der Waals surface area contributed by atoms with Crippen LogP contribution in [0.1, 0.15) is 5.56 Å². The summed E-state index contributed by atoms with van der Waals surface area (Å²) in [5.41, 5.74) is 1.95. The largest absolute Gasteiger partial charge is 0.484 e. The zero-order valence-electron chi connectivity index (χ0n) is 16.7. The maximum Gasteiger partial charge on any atom is 0.352 e. The van der Waals surface area contributed by atoms with Crippen LogP contribution in [0.15, 0.2) is 90.0 Å². The van der Waals surface area contributed by atoms with Crippen LogP contribution in [0.3, 0.4) is 0 Å². The average Bonchev–Trinajstić information content (AvgIpc) is 3.17. The molecule has 1 aromatic carbocycles. The Kier molecular flexibility index (Phi) is 6.23. The molecular formula is C24H21N3O4. The van der Waals surface area contributed by atoms with Gasteiger partial charge < -0.3 is 19.5 Å². The first-order valence-electron chi connectivity index (χ1n) is 9.78. The molecule has 0 spiro atoms. The summed E-state index contributed by atoms with van der Waals surface area (Å²) in [4.78, 5) is 21.7. The first-order valence-corrected chi connectivity index (χ1v) is 9.78. The second-order valence-electron chi connectivity index (χ2n) is 6.81. The van der Waals surface area contributed by atoms with E-state index in [4.69, 9.17) is 9.47 Å². The lowest BCUT2D eigenvalue weighted by Crippen LogP contribution is -2.24. The van der Waals surface area contributed by atoms with Crippen molar-refractivity contribution < 1.29 is 19.4 Å². The Labute approximate surface area is 179 Å². The van der Waals surface area contributed by atoms with Gasteiger partial charge >= 0.3 is 5.97 Å². The summed E-state index contributed by atoms with van der Waals surface area (Å²) >= 11 is 0. The molecule has 4 rings (SSSR count). The molecular weight excluding hydrogens is 394 g/mol. The third-order valence-electron chi connectivity index (χ3n) is 4.67. The van der Waals surface area contributed by atoms with Crippen molar-refractivity contribution in [3.8, 4) is 5.75 Å². The molecule has 0 radical (unpaired) electrons. The summed E-state index contributed by atoms with van der Waals surface area (Å²) in [6, 6.07) is 7.73. The number of carbonyl (C=O) groups is 1. The smallest absolute Gasteiger partial charge is 0.352 e. The lowest BCUT2D eigenvalue weighted by molar-refractivity contribution is -0.133. The van der Waals surface area contributed by atoms with E-state index in [1.54, 1.807) is 29.4 Å². The van der Waals surface area contributed by atoms with Crippen LogP contribution in [0.2, 0.25) is 0 Å². The Hall–Kier alpha value is -4.13. The molecule has 2 aromatic rings. The van der Waals surface area contributed by atoms with E-state index in [-0.39, 0.29) is 5.70 Å². The fourth-order valence-corrected chi connectivity index (χ4v) is 3.26. The average molecular weight is 415 g/mol. The van der Waals surface area contributed by atoms with Gasteiger partial charge in [0.2, 0.25) is 0 Å². The molecule has 31 heavy (non-hydrogen) atoms. The normalized spacial score (nSPS) is 23.8. The highest BCUT2D eigenvalue weighted by atomic mass is 16.5. The fourth-order valence-electron chi connectivity index (χ4n) is 3.26. The number of carboxylic acids is 1. The lowest BCUT2D eigenvalue weighted by Gasteiger charge is -2.17. The molecule has 0 fully saturated rings. The van der Waals surface area contributed by atoms with Crippen LogP contribution in [-0.4, -0.2) is 46.6 Å². The van der Waals surface area contributed by atoms with Gasteiger partial charge in [-0.25, -0.2) is 9.79 Å². The van der Waals surface area contributed by atoms with Crippen molar-refractivity contribution >= 4 is 29.3 Å². The maximum absolute atomic E-state index is 11.7. The molecule has 2 aliphatic rings. The number of benzene rings is 1. The molecule has 1 atom stereocenters. The number of rotatable bonds is 1. The van der Waals surface area contributed by atoms with Crippen molar-refractivity contribution in [1.82, 2.24) is 9.88 Å². The molecule has 0 aliphatic carbocycles. The molecule has 4 bridgehead atoms. The summed E-state index contributed by atoms with van der Waals surface area (Å²) in [6.07, 6.45) is 18.8. The highest BCUT2D eigenvalue weighted by molar-refractivity contribution is 5.88. The van der Waals surface area contributed by atoms with Crippen LogP contribution in [0.5, 0.6) is 5.75 Å². The van der Waals surface area contributed by atoms with Crippen LogP contribution < -0.4 is 4.74 Å². The zero-order chi connectivity index (χ0) is 21.5. The summed E-state index contributed by atoms with van der Waals surface area (Å²) in [5.74, 6) is -0.379. The Morgan fingerprint density at radius 1 is 1.16 bits per heavy atom. The first kappa shape index (κ1) is 20.2. The predicted molar refractivity (Wildman–Crippen MR) is 119 cm³/mol. The van der Waals surface area contributed by atoms with Crippen molar-refractivity contribution in [3.63, 3.8) is 0 Å². The van der Waals surface area contributed by atoms with E-state index in [9.17, 15) is 9.90 Å². The minimum atomic E-state index is -1.03. The monoisotopic (exact) mass is 415 g/mol. The molecule has 0 saturated carbocycles. The Morgan fingerprint density at radius 2 is 2.06 bits per heavy atom. The number of ether oxygens (including phenoxy) is 2. The zero-order valence-corrected chi connectivity index (χ0v) is 16.7. The number of aromatic nitrogens is 1. The van der Waals surface area contributed by atoms with Gasteiger partial charge in [0.05, 0.1) is 12.1 Å². The van der Waals surface area contributed by atoms with Crippen molar-refractivity contribution in [2.24, 2.45) is 4.99 Å². The summed E-state index contributed by atoms with van der Waals surface area (Å²) in [6.45, 7) is 0.733. The number of allylic oxidation sites excluding steroid dienone is 4. The number of pyridine rings is 1. The number of hydrogen-bond acceptors (Lipinski definition) is 6.